The number of anilines is 1. The minimum Gasteiger partial charge on any atom is -0.381 e. The summed E-state index contributed by atoms with van der Waals surface area (Å²) in [6, 6.07) is 7.90. The van der Waals surface area contributed by atoms with Crippen molar-refractivity contribution in [3.8, 4) is 6.07 Å². The zero-order valence-corrected chi connectivity index (χ0v) is 9.38. The van der Waals surface area contributed by atoms with Crippen molar-refractivity contribution in [3.63, 3.8) is 0 Å². The van der Waals surface area contributed by atoms with E-state index in [4.69, 9.17) is 16.9 Å². The second-order valence-electron chi connectivity index (χ2n) is 4.08. The first kappa shape index (κ1) is 10.3. The number of hydrogen-bond donors (Lipinski definition) is 1. The van der Waals surface area contributed by atoms with Gasteiger partial charge < -0.3 is 5.32 Å². The van der Waals surface area contributed by atoms with Crippen LogP contribution in [0.3, 0.4) is 0 Å². The molecule has 0 heterocycles. The summed E-state index contributed by atoms with van der Waals surface area (Å²) in [4.78, 5) is 0. The van der Waals surface area contributed by atoms with E-state index in [2.05, 4.69) is 18.3 Å². The average molecular weight is 221 g/mol. The minimum atomic E-state index is 0.468. The topological polar surface area (TPSA) is 35.8 Å². The summed E-state index contributed by atoms with van der Waals surface area (Å²) < 4.78 is 0. The zero-order chi connectivity index (χ0) is 10.8. The molecular formula is C12H13ClN2. The zero-order valence-electron chi connectivity index (χ0n) is 8.63. The Hall–Kier alpha value is -1.20. The normalized spacial score (nSPS) is 16.9. The Balaban J connectivity index is 2.11. The molecule has 0 bridgehead atoms. The van der Waals surface area contributed by atoms with Gasteiger partial charge >= 0.3 is 0 Å². The summed E-state index contributed by atoms with van der Waals surface area (Å²) in [6.45, 7) is 2.17. The second-order valence-corrected chi connectivity index (χ2v) is 4.48. The molecule has 15 heavy (non-hydrogen) atoms. The highest BCUT2D eigenvalue weighted by molar-refractivity contribution is 6.33. The maximum absolute atomic E-state index is 8.70. The summed E-state index contributed by atoms with van der Waals surface area (Å²) in [6.07, 6.45) is 2.62. The molecule has 1 unspecified atom stereocenters. The molecule has 2 rings (SSSR count). The van der Waals surface area contributed by atoms with Crippen molar-refractivity contribution in [1.29, 1.82) is 5.26 Å². The van der Waals surface area contributed by atoms with Crippen LogP contribution in [0.2, 0.25) is 5.02 Å². The lowest BCUT2D eigenvalue weighted by atomic mass is 10.2. The number of halogens is 1. The van der Waals surface area contributed by atoms with Crippen LogP contribution in [0, 0.1) is 17.2 Å². The molecular weight excluding hydrogens is 208 g/mol. The van der Waals surface area contributed by atoms with Crippen molar-refractivity contribution in [2.45, 2.75) is 25.8 Å². The lowest BCUT2D eigenvalue weighted by molar-refractivity contribution is 0.694. The van der Waals surface area contributed by atoms with Gasteiger partial charge in [0.15, 0.2) is 0 Å². The van der Waals surface area contributed by atoms with Crippen LogP contribution in [0.25, 0.3) is 0 Å². The number of nitriles is 1. The fourth-order valence-corrected chi connectivity index (χ4v) is 1.90. The van der Waals surface area contributed by atoms with Gasteiger partial charge in [-0.1, -0.05) is 11.6 Å². The molecule has 1 saturated carbocycles. The quantitative estimate of drug-likeness (QED) is 0.847. The van der Waals surface area contributed by atoms with Crippen LogP contribution in [0.15, 0.2) is 18.2 Å². The molecule has 2 nitrogen and oxygen atoms in total. The summed E-state index contributed by atoms with van der Waals surface area (Å²) in [5.74, 6) is 0.789. The third kappa shape index (κ3) is 2.43. The average Bonchev–Trinajstić information content (AvgIpc) is 3.04. The van der Waals surface area contributed by atoms with Crippen LogP contribution in [0.5, 0.6) is 0 Å². The first-order valence-electron chi connectivity index (χ1n) is 5.17. The first-order valence-corrected chi connectivity index (χ1v) is 5.54. The van der Waals surface area contributed by atoms with Crippen LogP contribution in [-0.2, 0) is 0 Å². The van der Waals surface area contributed by atoms with Crippen molar-refractivity contribution in [3.05, 3.63) is 28.8 Å². The Bertz CT molecular complexity index is 405. The highest BCUT2D eigenvalue weighted by Gasteiger charge is 2.27. The molecule has 0 aromatic heterocycles. The van der Waals surface area contributed by atoms with Crippen molar-refractivity contribution in [1.82, 2.24) is 0 Å². The van der Waals surface area contributed by atoms with Crippen molar-refractivity contribution in [2.75, 3.05) is 5.32 Å². The van der Waals surface area contributed by atoms with E-state index in [1.165, 1.54) is 12.8 Å². The van der Waals surface area contributed by atoms with Gasteiger partial charge in [-0.15, -0.1) is 0 Å². The highest BCUT2D eigenvalue weighted by Crippen LogP contribution is 2.35. The molecule has 0 saturated heterocycles. The predicted octanol–water partition coefficient (Wildman–Crippen LogP) is 3.42. The highest BCUT2D eigenvalue weighted by atomic mass is 35.5. The second kappa shape index (κ2) is 4.12. The summed E-state index contributed by atoms with van der Waals surface area (Å²) in [5.41, 5.74) is 1.53. The maximum Gasteiger partial charge on any atom is 0.0992 e. The van der Waals surface area contributed by atoms with E-state index in [0.29, 0.717) is 16.6 Å². The Morgan fingerprint density at radius 1 is 1.53 bits per heavy atom. The van der Waals surface area contributed by atoms with Crippen molar-refractivity contribution in [2.24, 2.45) is 5.92 Å². The summed E-state index contributed by atoms with van der Waals surface area (Å²) in [7, 11) is 0. The minimum absolute atomic E-state index is 0.468. The van der Waals surface area contributed by atoms with E-state index in [9.17, 15) is 0 Å². The van der Waals surface area contributed by atoms with Gasteiger partial charge in [0.2, 0.25) is 0 Å². The van der Waals surface area contributed by atoms with Gasteiger partial charge in [0.25, 0.3) is 0 Å². The molecule has 3 heteroatoms. The van der Waals surface area contributed by atoms with E-state index < -0.39 is 0 Å². The number of nitrogens with one attached hydrogen (secondary N) is 1. The molecule has 0 aliphatic heterocycles. The number of rotatable bonds is 3. The van der Waals surface area contributed by atoms with Gasteiger partial charge in [0.1, 0.15) is 0 Å². The third-order valence-corrected chi connectivity index (χ3v) is 3.12. The summed E-state index contributed by atoms with van der Waals surface area (Å²) >= 11 is 6.06. The molecule has 1 atom stereocenters. The van der Waals surface area contributed by atoms with E-state index in [0.717, 1.165) is 11.6 Å². The monoisotopic (exact) mass is 220 g/mol. The van der Waals surface area contributed by atoms with Gasteiger partial charge in [-0.3, -0.25) is 0 Å². The molecule has 78 valence electrons. The van der Waals surface area contributed by atoms with E-state index in [1.807, 2.05) is 6.07 Å². The molecule has 1 aliphatic rings. The van der Waals surface area contributed by atoms with Gasteiger partial charge in [-0.2, -0.15) is 5.26 Å². The largest absolute Gasteiger partial charge is 0.381 e. The molecule has 0 amide bonds. The molecule has 1 N–H and O–H groups in total. The van der Waals surface area contributed by atoms with Crippen molar-refractivity contribution >= 4 is 17.3 Å². The number of nitrogens with zero attached hydrogens (tertiary/aromatic N) is 1. The lowest BCUT2D eigenvalue weighted by Crippen LogP contribution is -2.17. The van der Waals surface area contributed by atoms with Crippen LogP contribution in [0.4, 0.5) is 5.69 Å². The first-order chi connectivity index (χ1) is 7.20. The van der Waals surface area contributed by atoms with E-state index in [1.54, 1.807) is 12.1 Å². The molecule has 1 aromatic rings. The Morgan fingerprint density at radius 3 is 2.80 bits per heavy atom. The molecule has 1 fully saturated rings. The van der Waals surface area contributed by atoms with Gasteiger partial charge in [-0.25, -0.2) is 0 Å². The molecule has 0 radical (unpaired) electrons. The van der Waals surface area contributed by atoms with Crippen LogP contribution >= 0.6 is 11.6 Å². The SMILES string of the molecule is CC(Nc1ccc(C#N)cc1Cl)C1CC1. The third-order valence-electron chi connectivity index (χ3n) is 2.81. The Kier molecular flexibility index (Phi) is 2.83. The molecule has 0 spiro atoms. The number of benzene rings is 1. The fourth-order valence-electron chi connectivity index (χ4n) is 1.66. The van der Waals surface area contributed by atoms with Crippen LogP contribution < -0.4 is 5.32 Å². The summed E-state index contributed by atoms with van der Waals surface area (Å²) in [5, 5.41) is 12.7. The van der Waals surface area contributed by atoms with E-state index in [-0.39, 0.29) is 0 Å². The number of hydrogen-bond acceptors (Lipinski definition) is 2. The van der Waals surface area contributed by atoms with Crippen LogP contribution in [-0.4, -0.2) is 6.04 Å². The molecule has 1 aromatic carbocycles. The standard InChI is InChI=1S/C12H13ClN2/c1-8(10-3-4-10)15-12-5-2-9(7-14)6-11(12)13/h2,5-6,8,10,15H,3-4H2,1H3. The van der Waals surface area contributed by atoms with Crippen molar-refractivity contribution < 1.29 is 0 Å². The fraction of sp³-hybridized carbons (Fsp3) is 0.417. The van der Waals surface area contributed by atoms with Gasteiger partial charge in [0.05, 0.1) is 22.3 Å². The van der Waals surface area contributed by atoms with Gasteiger partial charge in [0, 0.05) is 6.04 Å². The Morgan fingerprint density at radius 2 is 2.27 bits per heavy atom. The maximum atomic E-state index is 8.70. The smallest absolute Gasteiger partial charge is 0.0992 e. The predicted molar refractivity (Wildman–Crippen MR) is 62.0 cm³/mol. The molecule has 1 aliphatic carbocycles. The lowest BCUT2D eigenvalue weighted by Gasteiger charge is -2.15. The van der Waals surface area contributed by atoms with Crippen LogP contribution in [0.1, 0.15) is 25.3 Å². The van der Waals surface area contributed by atoms with E-state index >= 15 is 0 Å². The Labute approximate surface area is 94.9 Å². The van der Waals surface area contributed by atoms with Gasteiger partial charge in [-0.05, 0) is 43.9 Å².